The summed E-state index contributed by atoms with van der Waals surface area (Å²) < 4.78 is 11.3. The van der Waals surface area contributed by atoms with E-state index in [1.165, 1.54) is 5.56 Å². The molecule has 126 valence electrons. The maximum atomic E-state index is 5.67. The summed E-state index contributed by atoms with van der Waals surface area (Å²) >= 11 is 0. The lowest BCUT2D eigenvalue weighted by Crippen LogP contribution is -2.82. The molecule has 2 aromatic rings. The van der Waals surface area contributed by atoms with Gasteiger partial charge < -0.3 is 14.5 Å². The molecule has 1 aromatic carbocycles. The maximum absolute atomic E-state index is 5.67. The van der Waals surface area contributed by atoms with Crippen LogP contribution in [0, 0.1) is 5.92 Å². The second-order valence-electron chi connectivity index (χ2n) is 6.75. The van der Waals surface area contributed by atoms with Gasteiger partial charge in [-0.1, -0.05) is 13.8 Å². The van der Waals surface area contributed by atoms with Crippen molar-refractivity contribution < 1.29 is 14.5 Å². The molecule has 0 bridgehead atoms. The van der Waals surface area contributed by atoms with Crippen LogP contribution in [0.25, 0.3) is 0 Å². The van der Waals surface area contributed by atoms with E-state index in [9.17, 15) is 0 Å². The van der Waals surface area contributed by atoms with Gasteiger partial charge in [0, 0.05) is 17.9 Å². The molecule has 0 unspecified atom stereocenters. The van der Waals surface area contributed by atoms with Crippen molar-refractivity contribution in [2.75, 3.05) is 6.54 Å². The van der Waals surface area contributed by atoms with Gasteiger partial charge in [0.05, 0.1) is 18.9 Å². The first kappa shape index (κ1) is 17.6. The highest BCUT2D eigenvalue weighted by Crippen LogP contribution is 2.27. The molecular formula is C20H30NO2+. The highest BCUT2D eigenvalue weighted by Gasteiger charge is 2.18. The van der Waals surface area contributed by atoms with Gasteiger partial charge in [0.2, 0.25) is 0 Å². The monoisotopic (exact) mass is 316 g/mol. The highest BCUT2D eigenvalue weighted by atomic mass is 16.5. The summed E-state index contributed by atoms with van der Waals surface area (Å²) in [5.41, 5.74) is 1.33. The summed E-state index contributed by atoms with van der Waals surface area (Å²) in [4.78, 5) is 0. The van der Waals surface area contributed by atoms with Gasteiger partial charge in [0.1, 0.15) is 18.1 Å². The van der Waals surface area contributed by atoms with Crippen LogP contribution in [-0.4, -0.2) is 12.6 Å². The molecule has 0 saturated carbocycles. The van der Waals surface area contributed by atoms with E-state index >= 15 is 0 Å². The zero-order valence-electron chi connectivity index (χ0n) is 14.8. The van der Waals surface area contributed by atoms with Crippen molar-refractivity contribution in [3.63, 3.8) is 0 Å². The van der Waals surface area contributed by atoms with E-state index in [0.29, 0.717) is 11.8 Å². The van der Waals surface area contributed by atoms with Gasteiger partial charge in [-0.3, -0.25) is 0 Å². The topological polar surface area (TPSA) is 39.0 Å². The molecule has 0 radical (unpaired) electrons. The SMILES string of the molecule is CC(C)Oc1ccc(C[NH2+]CC[C@H](c2ccco2)C(C)C)cc1. The molecule has 1 aromatic heterocycles. The van der Waals surface area contributed by atoms with E-state index in [2.05, 4.69) is 49.5 Å². The second-order valence-corrected chi connectivity index (χ2v) is 6.75. The molecule has 3 heteroatoms. The Morgan fingerprint density at radius 2 is 1.78 bits per heavy atom. The van der Waals surface area contributed by atoms with E-state index < -0.39 is 0 Å². The number of nitrogens with two attached hydrogens (primary N) is 1. The molecule has 0 aliphatic heterocycles. The third kappa shape index (κ3) is 5.76. The summed E-state index contributed by atoms with van der Waals surface area (Å²) in [5, 5.41) is 2.37. The molecule has 0 saturated heterocycles. The van der Waals surface area contributed by atoms with Crippen LogP contribution in [-0.2, 0) is 6.54 Å². The molecule has 0 spiro atoms. The largest absolute Gasteiger partial charge is 0.491 e. The van der Waals surface area contributed by atoms with Crippen molar-refractivity contribution in [3.8, 4) is 5.75 Å². The number of hydrogen-bond donors (Lipinski definition) is 1. The molecule has 0 fully saturated rings. The number of benzene rings is 1. The molecular weight excluding hydrogens is 286 g/mol. The zero-order valence-corrected chi connectivity index (χ0v) is 14.8. The van der Waals surface area contributed by atoms with Crippen molar-refractivity contribution in [2.45, 2.75) is 52.7 Å². The van der Waals surface area contributed by atoms with Crippen LogP contribution in [0.1, 0.15) is 51.4 Å². The summed E-state index contributed by atoms with van der Waals surface area (Å²) in [6, 6.07) is 12.5. The predicted octanol–water partition coefficient (Wildman–Crippen LogP) is 3.96. The van der Waals surface area contributed by atoms with Gasteiger partial charge in [0.25, 0.3) is 0 Å². The normalized spacial score (nSPS) is 12.8. The third-order valence-corrected chi connectivity index (χ3v) is 4.07. The number of furan rings is 1. The summed E-state index contributed by atoms with van der Waals surface area (Å²) in [6.45, 7) is 10.7. The molecule has 23 heavy (non-hydrogen) atoms. The average molecular weight is 316 g/mol. The lowest BCUT2D eigenvalue weighted by Gasteiger charge is -2.17. The van der Waals surface area contributed by atoms with Gasteiger partial charge in [-0.2, -0.15) is 0 Å². The molecule has 2 N–H and O–H groups in total. The Labute approximate surface area is 140 Å². The van der Waals surface area contributed by atoms with Gasteiger partial charge in [0.15, 0.2) is 0 Å². The van der Waals surface area contributed by atoms with Crippen molar-refractivity contribution in [1.29, 1.82) is 0 Å². The van der Waals surface area contributed by atoms with Crippen molar-refractivity contribution >= 4 is 0 Å². The van der Waals surface area contributed by atoms with Gasteiger partial charge >= 0.3 is 0 Å². The molecule has 2 rings (SSSR count). The second kappa shape index (κ2) is 8.78. The van der Waals surface area contributed by atoms with Crippen LogP contribution in [0.15, 0.2) is 47.1 Å². The smallest absolute Gasteiger partial charge is 0.119 e. The Bertz CT molecular complexity index is 544. The van der Waals surface area contributed by atoms with Crippen molar-refractivity contribution in [1.82, 2.24) is 0 Å². The predicted molar refractivity (Wildman–Crippen MR) is 93.6 cm³/mol. The lowest BCUT2D eigenvalue weighted by atomic mass is 9.90. The van der Waals surface area contributed by atoms with Crippen LogP contribution in [0.5, 0.6) is 5.75 Å². The fraction of sp³-hybridized carbons (Fsp3) is 0.500. The summed E-state index contributed by atoms with van der Waals surface area (Å²) in [5.74, 6) is 3.16. The highest BCUT2D eigenvalue weighted by molar-refractivity contribution is 5.26. The maximum Gasteiger partial charge on any atom is 0.119 e. The van der Waals surface area contributed by atoms with Crippen LogP contribution in [0.4, 0.5) is 0 Å². The number of ether oxygens (including phenoxy) is 1. The van der Waals surface area contributed by atoms with E-state index in [1.54, 1.807) is 6.26 Å². The minimum absolute atomic E-state index is 0.224. The van der Waals surface area contributed by atoms with Gasteiger partial charge in [-0.25, -0.2) is 0 Å². The number of quaternary nitrogens is 1. The minimum atomic E-state index is 0.224. The summed E-state index contributed by atoms with van der Waals surface area (Å²) in [6.07, 6.45) is 3.14. The Balaban J connectivity index is 1.76. The van der Waals surface area contributed by atoms with Crippen LogP contribution >= 0.6 is 0 Å². The standard InChI is InChI=1S/C20H29NO2/c1-15(2)19(20-6-5-13-22-20)11-12-21-14-17-7-9-18(10-8-17)23-16(3)4/h5-10,13,15-16,19,21H,11-12,14H2,1-4H3/p+1/t19-/m0/s1. The third-order valence-electron chi connectivity index (χ3n) is 4.07. The quantitative estimate of drug-likeness (QED) is 0.711. The fourth-order valence-electron chi connectivity index (χ4n) is 2.85. The van der Waals surface area contributed by atoms with Gasteiger partial charge in [-0.05, 0) is 56.2 Å². The molecule has 0 aliphatic rings. The minimum Gasteiger partial charge on any atom is -0.491 e. The van der Waals surface area contributed by atoms with E-state index in [1.807, 2.05) is 19.9 Å². The Morgan fingerprint density at radius 3 is 2.35 bits per heavy atom. The molecule has 3 nitrogen and oxygen atoms in total. The molecule has 1 atom stereocenters. The first-order valence-corrected chi connectivity index (χ1v) is 8.67. The zero-order chi connectivity index (χ0) is 16.7. The number of rotatable bonds is 9. The Morgan fingerprint density at radius 1 is 1.04 bits per heavy atom. The fourth-order valence-corrected chi connectivity index (χ4v) is 2.85. The van der Waals surface area contributed by atoms with Crippen LogP contribution in [0.2, 0.25) is 0 Å². The Kier molecular flexibility index (Phi) is 6.72. The first-order chi connectivity index (χ1) is 11.1. The van der Waals surface area contributed by atoms with Crippen LogP contribution in [0.3, 0.4) is 0 Å². The average Bonchev–Trinajstić information content (AvgIpc) is 3.01. The van der Waals surface area contributed by atoms with Crippen molar-refractivity contribution in [3.05, 3.63) is 54.0 Å². The van der Waals surface area contributed by atoms with Crippen LogP contribution < -0.4 is 10.1 Å². The van der Waals surface area contributed by atoms with E-state index in [-0.39, 0.29) is 6.10 Å². The van der Waals surface area contributed by atoms with E-state index in [0.717, 1.165) is 31.0 Å². The van der Waals surface area contributed by atoms with Gasteiger partial charge in [-0.15, -0.1) is 0 Å². The molecule has 0 amide bonds. The lowest BCUT2D eigenvalue weighted by molar-refractivity contribution is -0.671. The Hall–Kier alpha value is -1.74. The summed E-state index contributed by atoms with van der Waals surface area (Å²) in [7, 11) is 0. The first-order valence-electron chi connectivity index (χ1n) is 8.67. The number of hydrogen-bond acceptors (Lipinski definition) is 2. The molecule has 0 aliphatic carbocycles. The van der Waals surface area contributed by atoms with E-state index in [4.69, 9.17) is 9.15 Å². The molecule has 1 heterocycles. The van der Waals surface area contributed by atoms with Crippen molar-refractivity contribution in [2.24, 2.45) is 5.92 Å².